The van der Waals surface area contributed by atoms with E-state index >= 15 is 0 Å². The van der Waals surface area contributed by atoms with Crippen molar-refractivity contribution in [1.29, 1.82) is 0 Å². The van der Waals surface area contributed by atoms with Crippen LogP contribution < -0.4 is 5.32 Å². The van der Waals surface area contributed by atoms with Crippen LogP contribution in [0.15, 0.2) is 35.6 Å². The van der Waals surface area contributed by atoms with Gasteiger partial charge in [-0.15, -0.1) is 5.10 Å². The van der Waals surface area contributed by atoms with Gasteiger partial charge in [-0.3, -0.25) is 0 Å². The van der Waals surface area contributed by atoms with Gasteiger partial charge in [-0.25, -0.2) is 22.9 Å². The number of sulfone groups is 1. The van der Waals surface area contributed by atoms with Crippen LogP contribution in [0.2, 0.25) is 0 Å². The zero-order chi connectivity index (χ0) is 22.8. The molecule has 5 rings (SSSR count). The average molecular weight is 465 g/mol. The second-order valence-corrected chi connectivity index (χ2v) is 9.96. The van der Waals surface area contributed by atoms with Crippen LogP contribution in [0.3, 0.4) is 0 Å². The molecule has 168 valence electrons. The monoisotopic (exact) mass is 465 g/mol. The largest absolute Gasteiger partial charge is 0.416 e. The molecule has 32 heavy (non-hydrogen) atoms. The van der Waals surface area contributed by atoms with Crippen LogP contribution in [0.25, 0.3) is 22.7 Å². The Hall–Kier alpha value is -3.22. The van der Waals surface area contributed by atoms with Crippen LogP contribution in [0.1, 0.15) is 25.8 Å². The topological polar surface area (TPSA) is 107 Å². The molecule has 0 amide bonds. The zero-order valence-corrected chi connectivity index (χ0v) is 17.8. The summed E-state index contributed by atoms with van der Waals surface area (Å²) in [4.78, 5) is 8.46. The lowest BCUT2D eigenvalue weighted by Gasteiger charge is -2.06. The maximum atomic E-state index is 13.1. The molecule has 1 aliphatic carbocycles. The lowest BCUT2D eigenvalue weighted by Crippen LogP contribution is -2.10. The number of alkyl halides is 3. The van der Waals surface area contributed by atoms with E-state index in [-0.39, 0.29) is 39.5 Å². The minimum atomic E-state index is -4.54. The maximum absolute atomic E-state index is 13.1. The first-order chi connectivity index (χ1) is 15.1. The number of rotatable bonds is 5. The van der Waals surface area contributed by atoms with Crippen molar-refractivity contribution in [3.05, 3.63) is 36.2 Å². The van der Waals surface area contributed by atoms with Gasteiger partial charge < -0.3 is 5.32 Å². The van der Waals surface area contributed by atoms with Crippen molar-refractivity contribution in [2.75, 3.05) is 11.1 Å². The summed E-state index contributed by atoms with van der Waals surface area (Å²) in [6, 6.07) is 3.66. The van der Waals surface area contributed by atoms with Crippen molar-refractivity contribution in [3.63, 3.8) is 0 Å². The van der Waals surface area contributed by atoms with Crippen LogP contribution in [-0.4, -0.2) is 49.4 Å². The van der Waals surface area contributed by atoms with E-state index in [1.165, 1.54) is 17.6 Å². The molecule has 4 heterocycles. The summed E-state index contributed by atoms with van der Waals surface area (Å²) < 4.78 is 67.5. The van der Waals surface area contributed by atoms with Gasteiger partial charge in [0.15, 0.2) is 32.0 Å². The molecule has 0 radical (unpaired) electrons. The molecule has 4 aromatic heterocycles. The summed E-state index contributed by atoms with van der Waals surface area (Å²) in [7, 11) is -3.82. The molecular weight excluding hydrogens is 447 g/mol. The second kappa shape index (κ2) is 6.89. The number of aromatic nitrogens is 6. The van der Waals surface area contributed by atoms with Gasteiger partial charge in [0.1, 0.15) is 11.4 Å². The Balaban J connectivity index is 1.73. The fraction of sp³-hybridized carbons (Fsp3) is 0.368. The third-order valence-corrected chi connectivity index (χ3v) is 7.13. The van der Waals surface area contributed by atoms with Crippen LogP contribution in [-0.2, 0) is 16.0 Å². The molecule has 1 aliphatic rings. The Morgan fingerprint density at radius 3 is 2.66 bits per heavy atom. The van der Waals surface area contributed by atoms with E-state index in [1.54, 1.807) is 6.07 Å². The van der Waals surface area contributed by atoms with Gasteiger partial charge in [0.2, 0.25) is 0 Å². The van der Waals surface area contributed by atoms with Crippen LogP contribution in [0, 0.1) is 5.92 Å². The molecule has 0 spiro atoms. The zero-order valence-electron chi connectivity index (χ0n) is 17.0. The van der Waals surface area contributed by atoms with E-state index in [0.717, 1.165) is 29.3 Å². The molecule has 4 aromatic rings. The fourth-order valence-electron chi connectivity index (χ4n) is 3.46. The standard InChI is InChI=1S/C19H18F3N7O2S/c1-3-32(30,31)18-15(16-25-14-9-11(19(20,21)22)5-7-28(14)26-16)17-23-6-4-13(29(17)27-18)24-12-8-10(12)2/h4-7,9-10,12,24H,3,8H2,1-2H3. The molecule has 13 heteroatoms. The highest BCUT2D eigenvalue weighted by molar-refractivity contribution is 7.91. The van der Waals surface area contributed by atoms with E-state index in [1.807, 2.05) is 0 Å². The van der Waals surface area contributed by atoms with E-state index in [4.69, 9.17) is 0 Å². The normalized spacial score (nSPS) is 19.0. The maximum Gasteiger partial charge on any atom is 0.416 e. The number of halogens is 3. The molecule has 2 atom stereocenters. The van der Waals surface area contributed by atoms with E-state index < -0.39 is 21.6 Å². The first-order valence-electron chi connectivity index (χ1n) is 9.89. The van der Waals surface area contributed by atoms with Crippen molar-refractivity contribution >= 4 is 26.9 Å². The number of pyridine rings is 1. The highest BCUT2D eigenvalue weighted by Gasteiger charge is 2.35. The third-order valence-electron chi connectivity index (χ3n) is 5.49. The number of nitrogens with zero attached hydrogens (tertiary/aromatic N) is 6. The molecule has 0 aromatic carbocycles. The summed E-state index contributed by atoms with van der Waals surface area (Å²) in [6.07, 6.45) is -0.927. The lowest BCUT2D eigenvalue weighted by molar-refractivity contribution is -0.137. The van der Waals surface area contributed by atoms with Crippen molar-refractivity contribution in [2.24, 2.45) is 5.92 Å². The molecule has 2 unspecified atom stereocenters. The molecule has 1 N–H and O–H groups in total. The van der Waals surface area contributed by atoms with Gasteiger partial charge in [-0.2, -0.15) is 22.8 Å². The third kappa shape index (κ3) is 3.36. The molecule has 1 fully saturated rings. The van der Waals surface area contributed by atoms with Crippen molar-refractivity contribution in [2.45, 2.75) is 37.5 Å². The first kappa shape index (κ1) is 20.7. The summed E-state index contributed by atoms with van der Waals surface area (Å²) in [6.45, 7) is 3.57. The van der Waals surface area contributed by atoms with Crippen molar-refractivity contribution in [3.8, 4) is 11.4 Å². The number of fused-ring (bicyclic) bond motifs is 2. The molecule has 0 saturated heterocycles. The molecule has 0 aliphatic heterocycles. The molecular formula is C19H18F3N7O2S. The lowest BCUT2D eigenvalue weighted by atomic mass is 10.2. The first-order valence-corrected chi connectivity index (χ1v) is 11.5. The molecule has 1 saturated carbocycles. The summed E-state index contributed by atoms with van der Waals surface area (Å²) in [5, 5.41) is 11.6. The van der Waals surface area contributed by atoms with E-state index in [9.17, 15) is 21.6 Å². The minimum absolute atomic E-state index is 0.0524. The predicted octanol–water partition coefficient (Wildman–Crippen LogP) is 3.07. The average Bonchev–Trinajstić information content (AvgIpc) is 3.14. The summed E-state index contributed by atoms with van der Waals surface area (Å²) >= 11 is 0. The highest BCUT2D eigenvalue weighted by Crippen LogP contribution is 2.35. The second-order valence-electron chi connectivity index (χ2n) is 7.76. The van der Waals surface area contributed by atoms with Crippen LogP contribution >= 0.6 is 0 Å². The Bertz CT molecular complexity index is 1460. The van der Waals surface area contributed by atoms with Gasteiger partial charge in [0, 0.05) is 18.4 Å². The molecule has 9 nitrogen and oxygen atoms in total. The van der Waals surface area contributed by atoms with Gasteiger partial charge in [-0.1, -0.05) is 13.8 Å². The SMILES string of the molecule is CCS(=O)(=O)c1nn2c(NC3CC3C)ccnc2c1-c1nc2cc(C(F)(F)F)ccn2n1. The minimum Gasteiger partial charge on any atom is -0.367 e. The van der Waals surface area contributed by atoms with Crippen LogP contribution in [0.5, 0.6) is 0 Å². The quantitative estimate of drug-likeness (QED) is 0.483. The summed E-state index contributed by atoms with van der Waals surface area (Å²) in [5.74, 6) is 0.745. The highest BCUT2D eigenvalue weighted by atomic mass is 32.2. The number of anilines is 1. The fourth-order valence-corrected chi connectivity index (χ4v) is 4.44. The number of nitrogens with one attached hydrogen (secondary N) is 1. The Morgan fingerprint density at radius 1 is 1.25 bits per heavy atom. The Labute approximate surface area is 180 Å². The van der Waals surface area contributed by atoms with Gasteiger partial charge >= 0.3 is 6.18 Å². The molecule has 0 bridgehead atoms. The van der Waals surface area contributed by atoms with Crippen molar-refractivity contribution < 1.29 is 21.6 Å². The summed E-state index contributed by atoms with van der Waals surface area (Å²) in [5.41, 5.74) is -0.706. The van der Waals surface area contributed by atoms with Crippen molar-refractivity contribution in [1.82, 2.24) is 29.2 Å². The smallest absolute Gasteiger partial charge is 0.367 e. The van der Waals surface area contributed by atoms with E-state index in [2.05, 4.69) is 32.4 Å². The van der Waals surface area contributed by atoms with Gasteiger partial charge in [-0.05, 0) is 30.5 Å². The number of hydrogen-bond donors (Lipinski definition) is 1. The van der Waals surface area contributed by atoms with Gasteiger partial charge in [0.25, 0.3) is 0 Å². The Morgan fingerprint density at radius 2 is 2.00 bits per heavy atom. The predicted molar refractivity (Wildman–Crippen MR) is 109 cm³/mol. The number of hydrogen-bond acceptors (Lipinski definition) is 7. The van der Waals surface area contributed by atoms with Gasteiger partial charge in [0.05, 0.1) is 11.3 Å². The Kier molecular flexibility index (Phi) is 4.45. The van der Waals surface area contributed by atoms with E-state index in [0.29, 0.717) is 11.7 Å². The van der Waals surface area contributed by atoms with Crippen LogP contribution in [0.4, 0.5) is 19.0 Å².